The molecule has 0 saturated heterocycles. The number of hydrogen-bond donors (Lipinski definition) is 1. The molecule has 3 aromatic carbocycles. The molecule has 172 valence electrons. The Balaban J connectivity index is 1.46. The van der Waals surface area contributed by atoms with Gasteiger partial charge in [0.05, 0.1) is 22.8 Å². The third-order valence-electron chi connectivity index (χ3n) is 5.60. The van der Waals surface area contributed by atoms with Crippen molar-refractivity contribution in [1.82, 2.24) is 4.98 Å². The van der Waals surface area contributed by atoms with E-state index in [0.717, 1.165) is 22.0 Å². The van der Waals surface area contributed by atoms with Crippen LogP contribution in [0.3, 0.4) is 0 Å². The van der Waals surface area contributed by atoms with E-state index in [4.69, 9.17) is 37.1 Å². The molecule has 2 aromatic heterocycles. The van der Waals surface area contributed by atoms with Crippen molar-refractivity contribution in [1.29, 1.82) is 0 Å². The van der Waals surface area contributed by atoms with Crippen molar-refractivity contribution in [2.24, 2.45) is 0 Å². The molecule has 0 bridgehead atoms. The highest BCUT2D eigenvalue weighted by Gasteiger charge is 2.22. The second-order valence-electron chi connectivity index (χ2n) is 7.91. The Morgan fingerprint density at radius 1 is 1.00 bits per heavy atom. The lowest BCUT2D eigenvalue weighted by Crippen LogP contribution is -2.30. The number of rotatable bonds is 5. The van der Waals surface area contributed by atoms with Gasteiger partial charge in [-0.15, -0.1) is 0 Å². The van der Waals surface area contributed by atoms with Crippen LogP contribution in [-0.2, 0) is 4.79 Å². The van der Waals surface area contributed by atoms with Crippen molar-refractivity contribution in [2.75, 3.05) is 12.4 Å². The molecule has 0 saturated carbocycles. The summed E-state index contributed by atoms with van der Waals surface area (Å²) >= 11 is 12.7. The van der Waals surface area contributed by atoms with Gasteiger partial charge in [0.2, 0.25) is 0 Å². The summed E-state index contributed by atoms with van der Waals surface area (Å²) < 4.78 is 17.5. The van der Waals surface area contributed by atoms with Crippen molar-refractivity contribution in [3.05, 3.63) is 70.3 Å². The Kier molecular flexibility index (Phi) is 5.71. The highest BCUT2D eigenvalue weighted by molar-refractivity contribution is 6.39. The number of carbonyl (C=O) groups excluding carboxylic acids is 1. The molecule has 0 spiro atoms. The monoisotopic (exact) mass is 494 g/mol. The van der Waals surface area contributed by atoms with Crippen molar-refractivity contribution >= 4 is 67.6 Å². The van der Waals surface area contributed by atoms with E-state index in [-0.39, 0.29) is 10.9 Å². The van der Waals surface area contributed by atoms with Crippen LogP contribution in [0.2, 0.25) is 10.0 Å². The summed E-state index contributed by atoms with van der Waals surface area (Å²) in [7, 11) is 1.55. The normalized spacial score (nSPS) is 12.3. The van der Waals surface area contributed by atoms with E-state index >= 15 is 0 Å². The highest BCUT2D eigenvalue weighted by atomic mass is 35.5. The first-order valence-electron chi connectivity index (χ1n) is 10.6. The fourth-order valence-electron chi connectivity index (χ4n) is 3.89. The van der Waals surface area contributed by atoms with Crippen molar-refractivity contribution in [3.63, 3.8) is 0 Å². The van der Waals surface area contributed by atoms with Gasteiger partial charge in [-0.1, -0.05) is 41.4 Å². The number of halogens is 2. The minimum atomic E-state index is -0.889. The first kappa shape index (κ1) is 22.3. The summed E-state index contributed by atoms with van der Waals surface area (Å²) in [6, 6.07) is 16.6. The van der Waals surface area contributed by atoms with Crippen molar-refractivity contribution in [2.45, 2.75) is 20.0 Å². The standard InChI is InChI=1S/C26H20Cl2N2O4/c1-13-8-9-16-18(27)11-19(28)25(24(16)29-13)33-14(2)26(31)30-20-12-22-17(10-23(20)32-3)15-6-4-5-7-21(15)34-22/h4-12,14H,1-3H3,(H,30,31)/t14-/m0/s1. The van der Waals surface area contributed by atoms with Crippen LogP contribution >= 0.6 is 23.2 Å². The molecule has 2 heterocycles. The lowest BCUT2D eigenvalue weighted by Gasteiger charge is -2.18. The van der Waals surface area contributed by atoms with Gasteiger partial charge >= 0.3 is 0 Å². The minimum Gasteiger partial charge on any atom is -0.495 e. The minimum absolute atomic E-state index is 0.275. The molecule has 1 amide bonds. The van der Waals surface area contributed by atoms with Gasteiger partial charge in [-0.25, -0.2) is 4.98 Å². The predicted octanol–water partition coefficient (Wildman–Crippen LogP) is 7.16. The average Bonchev–Trinajstić information content (AvgIpc) is 3.18. The fraction of sp³-hybridized carbons (Fsp3) is 0.154. The quantitative estimate of drug-likeness (QED) is 0.280. The lowest BCUT2D eigenvalue weighted by atomic mass is 10.1. The number of methoxy groups -OCH3 is 1. The number of ether oxygens (including phenoxy) is 2. The summed E-state index contributed by atoms with van der Waals surface area (Å²) in [5.41, 5.74) is 3.13. The van der Waals surface area contributed by atoms with Crippen LogP contribution in [0.15, 0.2) is 59.0 Å². The number of carbonyl (C=O) groups is 1. The summed E-state index contributed by atoms with van der Waals surface area (Å²) in [6.45, 7) is 3.49. The highest BCUT2D eigenvalue weighted by Crippen LogP contribution is 2.39. The van der Waals surface area contributed by atoms with Gasteiger partial charge in [0, 0.05) is 27.9 Å². The van der Waals surface area contributed by atoms with E-state index in [2.05, 4.69) is 10.3 Å². The van der Waals surface area contributed by atoms with Gasteiger partial charge in [-0.3, -0.25) is 4.79 Å². The van der Waals surface area contributed by atoms with Crippen LogP contribution in [0.5, 0.6) is 11.5 Å². The summed E-state index contributed by atoms with van der Waals surface area (Å²) in [5, 5.41) is 6.16. The number of anilines is 1. The molecular weight excluding hydrogens is 475 g/mol. The zero-order valence-corrected chi connectivity index (χ0v) is 20.1. The topological polar surface area (TPSA) is 73.6 Å². The Hall–Kier alpha value is -3.48. The summed E-state index contributed by atoms with van der Waals surface area (Å²) in [6.07, 6.45) is -0.889. The first-order valence-corrected chi connectivity index (χ1v) is 11.3. The van der Waals surface area contributed by atoms with E-state index in [1.807, 2.05) is 49.4 Å². The number of nitrogens with one attached hydrogen (secondary N) is 1. The number of nitrogens with zero attached hydrogens (tertiary/aromatic N) is 1. The third kappa shape index (κ3) is 3.89. The largest absolute Gasteiger partial charge is 0.495 e. The van der Waals surface area contributed by atoms with Gasteiger partial charge in [0.15, 0.2) is 11.9 Å². The maximum atomic E-state index is 13.1. The van der Waals surface area contributed by atoms with Gasteiger partial charge in [-0.2, -0.15) is 0 Å². The molecule has 1 atom stereocenters. The number of aryl methyl sites for hydroxylation is 1. The average molecular weight is 495 g/mol. The summed E-state index contributed by atoms with van der Waals surface area (Å²) in [4.78, 5) is 17.6. The van der Waals surface area contributed by atoms with Gasteiger partial charge in [0.25, 0.3) is 5.91 Å². The van der Waals surface area contributed by atoms with Crippen molar-refractivity contribution < 1.29 is 18.7 Å². The second-order valence-corrected chi connectivity index (χ2v) is 8.73. The number of hydrogen-bond acceptors (Lipinski definition) is 5. The van der Waals surface area contributed by atoms with E-state index < -0.39 is 6.10 Å². The molecule has 0 aliphatic carbocycles. The Morgan fingerprint density at radius 2 is 1.79 bits per heavy atom. The first-order chi connectivity index (χ1) is 16.4. The van der Waals surface area contributed by atoms with Crippen LogP contribution < -0.4 is 14.8 Å². The number of para-hydroxylation sites is 1. The molecule has 5 aromatic rings. The number of aromatic nitrogens is 1. The molecule has 0 radical (unpaired) electrons. The number of amides is 1. The van der Waals surface area contributed by atoms with E-state index in [9.17, 15) is 4.79 Å². The molecule has 0 aliphatic rings. The van der Waals surface area contributed by atoms with Crippen molar-refractivity contribution in [3.8, 4) is 11.5 Å². The van der Waals surface area contributed by atoms with E-state index in [1.54, 1.807) is 26.2 Å². The van der Waals surface area contributed by atoms with Gasteiger partial charge in [-0.05, 0) is 44.2 Å². The Labute approximate surface area is 205 Å². The lowest BCUT2D eigenvalue weighted by molar-refractivity contribution is -0.122. The molecule has 34 heavy (non-hydrogen) atoms. The SMILES string of the molecule is COc1cc2c(cc1NC(=O)[C@H](C)Oc1c(Cl)cc(Cl)c3ccc(C)nc13)oc1ccccc12. The number of fused-ring (bicyclic) bond motifs is 4. The van der Waals surface area contributed by atoms with Crippen LogP contribution in [0.4, 0.5) is 5.69 Å². The van der Waals surface area contributed by atoms with Crippen LogP contribution in [0.25, 0.3) is 32.8 Å². The Bertz CT molecular complexity index is 1580. The smallest absolute Gasteiger partial charge is 0.265 e. The maximum absolute atomic E-state index is 13.1. The molecular formula is C26H20Cl2N2O4. The molecule has 1 N–H and O–H groups in total. The zero-order chi connectivity index (χ0) is 24.0. The second kappa shape index (κ2) is 8.70. The van der Waals surface area contributed by atoms with Crippen LogP contribution in [0, 0.1) is 6.92 Å². The van der Waals surface area contributed by atoms with E-state index in [0.29, 0.717) is 38.7 Å². The summed E-state index contributed by atoms with van der Waals surface area (Å²) in [5.74, 6) is 0.416. The van der Waals surface area contributed by atoms with Gasteiger partial charge in [0.1, 0.15) is 22.4 Å². The van der Waals surface area contributed by atoms with Crippen LogP contribution in [0.1, 0.15) is 12.6 Å². The van der Waals surface area contributed by atoms with Crippen LogP contribution in [-0.4, -0.2) is 24.1 Å². The number of furan rings is 1. The van der Waals surface area contributed by atoms with Gasteiger partial charge < -0.3 is 19.2 Å². The molecule has 5 rings (SSSR count). The molecule has 6 nitrogen and oxygen atoms in total. The van der Waals surface area contributed by atoms with E-state index in [1.165, 1.54) is 0 Å². The predicted molar refractivity (Wildman–Crippen MR) is 135 cm³/mol. The maximum Gasteiger partial charge on any atom is 0.265 e. The molecule has 8 heteroatoms. The molecule has 0 unspecified atom stereocenters. The third-order valence-corrected chi connectivity index (χ3v) is 6.19. The molecule has 0 aliphatic heterocycles. The number of benzene rings is 3. The molecule has 0 fully saturated rings. The fourth-order valence-corrected chi connectivity index (χ4v) is 4.45. The zero-order valence-electron chi connectivity index (χ0n) is 18.6. The number of pyridine rings is 1. The Morgan fingerprint density at radius 3 is 2.59 bits per heavy atom.